The molecule has 0 radical (unpaired) electrons. The zero-order chi connectivity index (χ0) is 32.4. The van der Waals surface area contributed by atoms with Gasteiger partial charge >= 0.3 is 0 Å². The van der Waals surface area contributed by atoms with Crippen LogP contribution in [0.5, 0.6) is 0 Å². The number of amides is 3. The molecule has 0 aliphatic carbocycles. The van der Waals surface area contributed by atoms with Crippen molar-refractivity contribution in [3.8, 4) is 0 Å². The molecule has 44 heavy (non-hydrogen) atoms. The van der Waals surface area contributed by atoms with Crippen molar-refractivity contribution in [2.24, 2.45) is 5.92 Å². The van der Waals surface area contributed by atoms with Crippen LogP contribution in [0.1, 0.15) is 70.6 Å². The molecule has 0 bridgehead atoms. The number of aromatic nitrogens is 1. The number of hydrogen-bond acceptors (Lipinski definition) is 9. The van der Waals surface area contributed by atoms with Crippen LogP contribution in [-0.4, -0.2) is 88.0 Å². The fourth-order valence-electron chi connectivity index (χ4n) is 4.96. The summed E-state index contributed by atoms with van der Waals surface area (Å²) in [5.41, 5.74) is 1.43. The molecule has 3 amide bonds. The number of aliphatic hydroxyl groups excluding tert-OH is 1. The van der Waals surface area contributed by atoms with Crippen molar-refractivity contribution in [2.75, 3.05) is 26.2 Å². The van der Waals surface area contributed by atoms with Crippen LogP contribution < -0.4 is 21.3 Å². The van der Waals surface area contributed by atoms with E-state index in [-0.39, 0.29) is 35.1 Å². The van der Waals surface area contributed by atoms with Crippen molar-refractivity contribution in [2.45, 2.75) is 96.3 Å². The van der Waals surface area contributed by atoms with Crippen molar-refractivity contribution in [1.29, 1.82) is 0 Å². The molecular formula is C32H50N6O4S2. The van der Waals surface area contributed by atoms with Gasteiger partial charge in [-0.3, -0.25) is 19.3 Å². The molecule has 244 valence electrons. The van der Waals surface area contributed by atoms with Gasteiger partial charge in [-0.25, -0.2) is 4.98 Å². The van der Waals surface area contributed by atoms with E-state index in [4.69, 9.17) is 0 Å². The lowest BCUT2D eigenvalue weighted by atomic mass is 9.97. The first-order chi connectivity index (χ1) is 20.7. The van der Waals surface area contributed by atoms with E-state index in [1.807, 2.05) is 75.2 Å². The number of carbonyl (C=O) groups excluding carboxylic acids is 3. The number of benzene rings is 1. The number of piperazine rings is 1. The molecule has 1 saturated heterocycles. The molecule has 10 nitrogen and oxygen atoms in total. The second-order valence-corrected chi connectivity index (χ2v) is 14.9. The number of hydrogen-bond donors (Lipinski definition) is 5. The van der Waals surface area contributed by atoms with E-state index in [0.717, 1.165) is 28.0 Å². The summed E-state index contributed by atoms with van der Waals surface area (Å²) in [5.74, 6) is 0.120. The van der Waals surface area contributed by atoms with Crippen molar-refractivity contribution in [3.05, 3.63) is 52.0 Å². The van der Waals surface area contributed by atoms with E-state index < -0.39 is 24.2 Å². The molecule has 1 aliphatic heterocycles. The Bertz CT molecular complexity index is 1220. The third-order valence-electron chi connectivity index (χ3n) is 7.30. The van der Waals surface area contributed by atoms with Crippen LogP contribution in [0.2, 0.25) is 0 Å². The number of thiazole rings is 1. The molecule has 2 aromatic rings. The van der Waals surface area contributed by atoms with Gasteiger partial charge in [0.05, 0.1) is 22.8 Å². The predicted molar refractivity (Wildman–Crippen MR) is 179 cm³/mol. The van der Waals surface area contributed by atoms with Gasteiger partial charge < -0.3 is 26.4 Å². The minimum Gasteiger partial charge on any atom is -0.390 e. The first-order valence-corrected chi connectivity index (χ1v) is 17.3. The second kappa shape index (κ2) is 16.7. The van der Waals surface area contributed by atoms with E-state index >= 15 is 0 Å². The maximum absolute atomic E-state index is 13.7. The van der Waals surface area contributed by atoms with E-state index in [2.05, 4.69) is 40.1 Å². The van der Waals surface area contributed by atoms with Gasteiger partial charge in [0, 0.05) is 48.8 Å². The summed E-state index contributed by atoms with van der Waals surface area (Å²) in [6, 6.07) is 7.81. The van der Waals surface area contributed by atoms with Gasteiger partial charge in [-0.1, -0.05) is 69.8 Å². The number of nitrogens with zero attached hydrogens (tertiary/aromatic N) is 2. The van der Waals surface area contributed by atoms with Crippen LogP contribution >= 0.6 is 23.1 Å². The minimum atomic E-state index is -0.958. The first-order valence-electron chi connectivity index (χ1n) is 15.4. The summed E-state index contributed by atoms with van der Waals surface area (Å²) >= 11 is 2.68. The number of aliphatic hydroxyl groups is 1. The van der Waals surface area contributed by atoms with Gasteiger partial charge in [0.15, 0.2) is 0 Å². The zero-order valence-corrected chi connectivity index (χ0v) is 28.7. The van der Waals surface area contributed by atoms with Crippen LogP contribution in [0.4, 0.5) is 4.79 Å². The van der Waals surface area contributed by atoms with E-state index in [0.29, 0.717) is 37.7 Å². The Morgan fingerprint density at radius 1 is 1.14 bits per heavy atom. The largest absolute Gasteiger partial charge is 0.390 e. The minimum absolute atomic E-state index is 0.0984. The van der Waals surface area contributed by atoms with Gasteiger partial charge in [-0.15, -0.1) is 11.3 Å². The lowest BCUT2D eigenvalue weighted by Crippen LogP contribution is -2.63. The lowest BCUT2D eigenvalue weighted by Gasteiger charge is -2.39. The highest BCUT2D eigenvalue weighted by molar-refractivity contribution is 8.12. The molecule has 5 N–H and O–H groups in total. The lowest BCUT2D eigenvalue weighted by molar-refractivity contribution is -0.130. The van der Waals surface area contributed by atoms with Crippen molar-refractivity contribution in [1.82, 2.24) is 31.2 Å². The standard InChI is InChI=1S/C32H50N6O4S2/c1-20(2)27(36-31(42)44-19-23-18-43-30(34-23)21(3)4)29(41)35-24(15-22-11-9-8-10-12-22)26(39)17-38-14-13-33-16-25(38)28(40)37-32(5,6)7/h8-12,18,20-21,24-27,33,39H,13-17,19H2,1-7H3,(H,35,41)(H,36,42)(H,37,40)/t24-,25-,26+,27-/m0/s1. The van der Waals surface area contributed by atoms with E-state index in [1.54, 1.807) is 11.3 Å². The zero-order valence-electron chi connectivity index (χ0n) is 27.1. The Balaban J connectivity index is 1.70. The van der Waals surface area contributed by atoms with Gasteiger partial charge in [-0.05, 0) is 38.7 Å². The van der Waals surface area contributed by atoms with Crippen molar-refractivity contribution in [3.63, 3.8) is 0 Å². The molecule has 0 saturated carbocycles. The van der Waals surface area contributed by atoms with Crippen molar-refractivity contribution < 1.29 is 19.5 Å². The third kappa shape index (κ3) is 11.4. The summed E-state index contributed by atoms with van der Waals surface area (Å²) in [4.78, 5) is 46.2. The highest BCUT2D eigenvalue weighted by Gasteiger charge is 2.35. The summed E-state index contributed by atoms with van der Waals surface area (Å²) in [7, 11) is 0. The highest BCUT2D eigenvalue weighted by Crippen LogP contribution is 2.22. The van der Waals surface area contributed by atoms with Gasteiger partial charge in [0.25, 0.3) is 5.24 Å². The number of nitrogens with one attached hydrogen (secondary N) is 4. The molecule has 3 rings (SSSR count). The number of carbonyl (C=O) groups is 3. The average molecular weight is 647 g/mol. The molecule has 1 fully saturated rings. The Hall–Kier alpha value is -2.51. The Morgan fingerprint density at radius 2 is 1.84 bits per heavy atom. The maximum Gasteiger partial charge on any atom is 0.280 e. The van der Waals surface area contributed by atoms with Gasteiger partial charge in [-0.2, -0.15) is 0 Å². The van der Waals surface area contributed by atoms with Crippen LogP contribution in [0.3, 0.4) is 0 Å². The molecule has 2 heterocycles. The molecule has 12 heteroatoms. The van der Waals surface area contributed by atoms with Crippen LogP contribution in [0.25, 0.3) is 0 Å². The fourth-order valence-corrected chi connectivity index (χ4v) is 6.54. The SMILES string of the molecule is CC(C)c1nc(CSC(=O)N[C@H](C(=O)N[C@@H](Cc2ccccc2)[C@H](O)CN2CCNC[C@H]2C(=O)NC(C)(C)C)C(C)C)cs1. The highest BCUT2D eigenvalue weighted by atomic mass is 32.2. The molecule has 4 atom stereocenters. The number of thioether (sulfide) groups is 1. The number of rotatable bonds is 13. The Labute approximate surface area is 270 Å². The summed E-state index contributed by atoms with van der Waals surface area (Å²) in [6.07, 6.45) is -0.561. The summed E-state index contributed by atoms with van der Waals surface area (Å²) in [5, 5.41) is 26.5. The van der Waals surface area contributed by atoms with Crippen LogP contribution in [-0.2, 0) is 21.8 Å². The third-order valence-corrected chi connectivity index (χ3v) is 9.32. The Morgan fingerprint density at radius 3 is 2.45 bits per heavy atom. The normalized spacial score (nSPS) is 18.1. The summed E-state index contributed by atoms with van der Waals surface area (Å²) in [6.45, 7) is 15.7. The average Bonchev–Trinajstić information content (AvgIpc) is 3.44. The molecule has 1 aliphatic rings. The predicted octanol–water partition coefficient (Wildman–Crippen LogP) is 3.51. The van der Waals surface area contributed by atoms with Gasteiger partial charge in [0.1, 0.15) is 12.1 Å². The molecule has 0 spiro atoms. The second-order valence-electron chi connectivity index (χ2n) is 13.1. The van der Waals surface area contributed by atoms with E-state index in [1.165, 1.54) is 0 Å². The van der Waals surface area contributed by atoms with Crippen molar-refractivity contribution >= 4 is 40.2 Å². The van der Waals surface area contributed by atoms with Crippen LogP contribution in [0, 0.1) is 5.92 Å². The Kier molecular flexibility index (Phi) is 13.6. The van der Waals surface area contributed by atoms with Gasteiger partial charge in [0.2, 0.25) is 11.8 Å². The first kappa shape index (κ1) is 36.0. The maximum atomic E-state index is 13.7. The molecular weight excluding hydrogens is 597 g/mol. The smallest absolute Gasteiger partial charge is 0.280 e. The molecule has 0 unspecified atom stereocenters. The number of β-amino-alcohol motifs (C(OH)–C–C–N with tert-alkyl or cyclic N) is 1. The fraction of sp³-hybridized carbons (Fsp3) is 0.625. The van der Waals surface area contributed by atoms with Crippen LogP contribution in [0.15, 0.2) is 35.7 Å². The van der Waals surface area contributed by atoms with E-state index in [9.17, 15) is 19.5 Å². The topological polar surface area (TPSA) is 136 Å². The summed E-state index contributed by atoms with van der Waals surface area (Å²) < 4.78 is 0. The molecule has 1 aromatic heterocycles. The monoisotopic (exact) mass is 646 g/mol. The molecule has 1 aromatic carbocycles. The quantitative estimate of drug-likeness (QED) is 0.223.